The van der Waals surface area contributed by atoms with Crippen molar-refractivity contribution >= 4 is 17.1 Å². The van der Waals surface area contributed by atoms with E-state index >= 15 is 0 Å². The monoisotopic (exact) mass is 362 g/mol. The predicted molar refractivity (Wildman–Crippen MR) is 79.1 cm³/mol. The highest BCUT2D eigenvalue weighted by Crippen LogP contribution is 2.43. The quantitative estimate of drug-likeness (QED) is 0.514. The number of rotatable bonds is 8. The number of alkyl halides is 3. The van der Waals surface area contributed by atoms with E-state index in [1.807, 2.05) is 0 Å². The van der Waals surface area contributed by atoms with E-state index in [0.717, 1.165) is 4.90 Å². The van der Waals surface area contributed by atoms with E-state index in [4.69, 9.17) is 10.00 Å². The summed E-state index contributed by atoms with van der Waals surface area (Å²) < 4.78 is 43.5. The topological polar surface area (TPSA) is 123 Å². The lowest BCUT2D eigenvalue weighted by molar-refractivity contribution is -0.393. The lowest BCUT2D eigenvalue weighted by Crippen LogP contribution is -2.29. The predicted octanol–water partition coefficient (Wildman–Crippen LogP) is 2.89. The van der Waals surface area contributed by atoms with Crippen molar-refractivity contribution in [3.8, 4) is 6.07 Å². The van der Waals surface area contributed by atoms with E-state index in [1.165, 1.54) is 7.11 Å². The molecule has 136 valence electrons. The Kier molecular flexibility index (Phi) is 6.63. The zero-order valence-electron chi connectivity index (χ0n) is 12.9. The second kappa shape index (κ2) is 8.25. The second-order valence-corrected chi connectivity index (χ2v) is 4.76. The SMILES string of the molecule is COCCN(CCC#N)c1c([N+](=O)[O-])cc(C(F)(F)F)cc1[N+](=O)[O-]. The summed E-state index contributed by atoms with van der Waals surface area (Å²) in [4.78, 5) is 21.3. The fraction of sp³-hybridized carbons (Fsp3) is 0.462. The minimum Gasteiger partial charge on any atom is -0.383 e. The molecule has 12 heteroatoms. The van der Waals surface area contributed by atoms with Crippen LogP contribution in [-0.4, -0.2) is 36.7 Å². The zero-order chi connectivity index (χ0) is 19.2. The summed E-state index contributed by atoms with van der Waals surface area (Å²) in [6.07, 6.45) is -5.13. The van der Waals surface area contributed by atoms with Gasteiger partial charge in [0.1, 0.15) is 0 Å². The summed E-state index contributed by atoms with van der Waals surface area (Å²) in [6.45, 7) is -0.223. The van der Waals surface area contributed by atoms with Crippen molar-refractivity contribution in [2.45, 2.75) is 12.6 Å². The van der Waals surface area contributed by atoms with Gasteiger partial charge in [-0.25, -0.2) is 0 Å². The lowest BCUT2D eigenvalue weighted by atomic mass is 10.1. The molecule has 0 unspecified atom stereocenters. The van der Waals surface area contributed by atoms with E-state index in [-0.39, 0.29) is 38.2 Å². The molecule has 25 heavy (non-hydrogen) atoms. The largest absolute Gasteiger partial charge is 0.416 e. The maximum absolute atomic E-state index is 12.9. The summed E-state index contributed by atoms with van der Waals surface area (Å²) in [6, 6.07) is 2.26. The van der Waals surface area contributed by atoms with Crippen LogP contribution in [0.4, 0.5) is 30.2 Å². The van der Waals surface area contributed by atoms with E-state index in [2.05, 4.69) is 0 Å². The van der Waals surface area contributed by atoms with Gasteiger partial charge in [-0.05, 0) is 0 Å². The first kappa shape index (κ1) is 20.1. The molecule has 0 atom stereocenters. The van der Waals surface area contributed by atoms with Gasteiger partial charge in [0, 0.05) is 32.3 Å². The summed E-state index contributed by atoms with van der Waals surface area (Å²) in [7, 11) is 1.32. The van der Waals surface area contributed by atoms with Crippen LogP contribution in [-0.2, 0) is 10.9 Å². The smallest absolute Gasteiger partial charge is 0.383 e. The second-order valence-electron chi connectivity index (χ2n) is 4.76. The van der Waals surface area contributed by atoms with Gasteiger partial charge >= 0.3 is 6.18 Å². The number of benzene rings is 1. The fourth-order valence-corrected chi connectivity index (χ4v) is 2.09. The third-order valence-electron chi connectivity index (χ3n) is 3.17. The molecule has 0 aliphatic rings. The van der Waals surface area contributed by atoms with Crippen LogP contribution >= 0.6 is 0 Å². The fourth-order valence-electron chi connectivity index (χ4n) is 2.09. The normalized spacial score (nSPS) is 11.0. The molecule has 0 fully saturated rings. The Balaban J connectivity index is 3.65. The number of nitrogens with zero attached hydrogens (tertiary/aromatic N) is 4. The van der Waals surface area contributed by atoms with Crippen LogP contribution in [0.15, 0.2) is 12.1 Å². The van der Waals surface area contributed by atoms with Crippen molar-refractivity contribution in [3.05, 3.63) is 37.9 Å². The van der Waals surface area contributed by atoms with Crippen LogP contribution in [0.3, 0.4) is 0 Å². The standard InChI is InChI=1S/C13H13F3N4O5/c1-25-6-5-18(4-2-3-17)12-10(19(21)22)7-9(13(14,15)16)8-11(12)20(23)24/h7-8H,2,4-6H2,1H3. The molecule has 0 saturated carbocycles. The molecule has 0 amide bonds. The maximum Gasteiger partial charge on any atom is 0.416 e. The molecule has 0 aliphatic carbocycles. The Bertz CT molecular complexity index is 667. The van der Waals surface area contributed by atoms with E-state index < -0.39 is 38.6 Å². The molecule has 1 aromatic rings. The number of anilines is 1. The van der Waals surface area contributed by atoms with Crippen LogP contribution in [0.25, 0.3) is 0 Å². The molecule has 1 aromatic carbocycles. The highest BCUT2D eigenvalue weighted by Gasteiger charge is 2.39. The van der Waals surface area contributed by atoms with Gasteiger partial charge in [-0.1, -0.05) is 0 Å². The summed E-state index contributed by atoms with van der Waals surface area (Å²) in [5.41, 5.74) is -4.21. The molecular weight excluding hydrogens is 349 g/mol. The Morgan fingerprint density at radius 3 is 2.08 bits per heavy atom. The third-order valence-corrected chi connectivity index (χ3v) is 3.17. The van der Waals surface area contributed by atoms with Crippen molar-refractivity contribution in [2.75, 3.05) is 31.7 Å². The Hall–Kier alpha value is -2.94. The zero-order valence-corrected chi connectivity index (χ0v) is 12.9. The summed E-state index contributed by atoms with van der Waals surface area (Å²) in [5, 5.41) is 31.1. The third kappa shape index (κ3) is 5.01. The van der Waals surface area contributed by atoms with Gasteiger partial charge in [-0.3, -0.25) is 20.2 Å². The first-order valence-corrected chi connectivity index (χ1v) is 6.78. The van der Waals surface area contributed by atoms with E-state index in [0.29, 0.717) is 0 Å². The molecule has 0 spiro atoms. The van der Waals surface area contributed by atoms with Gasteiger partial charge in [0.05, 0.1) is 34.5 Å². The molecule has 0 N–H and O–H groups in total. The molecule has 0 bridgehead atoms. The Labute approximate surface area is 139 Å². The molecule has 0 aliphatic heterocycles. The molecular formula is C13H13F3N4O5. The van der Waals surface area contributed by atoms with Crippen LogP contribution in [0.2, 0.25) is 0 Å². The van der Waals surface area contributed by atoms with Crippen LogP contribution in [0.1, 0.15) is 12.0 Å². The Morgan fingerprint density at radius 1 is 1.20 bits per heavy atom. The molecule has 0 heterocycles. The molecule has 9 nitrogen and oxygen atoms in total. The lowest BCUT2D eigenvalue weighted by Gasteiger charge is -2.23. The van der Waals surface area contributed by atoms with Gasteiger partial charge in [-0.2, -0.15) is 18.4 Å². The number of hydrogen-bond acceptors (Lipinski definition) is 7. The molecule has 0 radical (unpaired) electrons. The number of methoxy groups -OCH3 is 1. The number of nitro groups is 2. The number of halogens is 3. The average Bonchev–Trinajstić information content (AvgIpc) is 2.53. The van der Waals surface area contributed by atoms with Gasteiger partial charge in [0.25, 0.3) is 11.4 Å². The highest BCUT2D eigenvalue weighted by molar-refractivity contribution is 5.76. The molecule has 0 aromatic heterocycles. The number of ether oxygens (including phenoxy) is 1. The van der Waals surface area contributed by atoms with Crippen molar-refractivity contribution in [1.29, 1.82) is 5.26 Å². The number of nitriles is 1. The maximum atomic E-state index is 12.9. The minimum absolute atomic E-state index is 0.000753. The number of nitro benzene ring substituents is 2. The van der Waals surface area contributed by atoms with E-state index in [9.17, 15) is 33.4 Å². The van der Waals surface area contributed by atoms with Gasteiger partial charge in [0.15, 0.2) is 5.69 Å². The first-order chi connectivity index (χ1) is 11.6. The van der Waals surface area contributed by atoms with Crippen molar-refractivity contribution in [3.63, 3.8) is 0 Å². The minimum atomic E-state index is -4.99. The molecule has 1 rings (SSSR count). The van der Waals surface area contributed by atoms with Crippen LogP contribution in [0.5, 0.6) is 0 Å². The highest BCUT2D eigenvalue weighted by atomic mass is 19.4. The van der Waals surface area contributed by atoms with Gasteiger partial charge < -0.3 is 9.64 Å². The van der Waals surface area contributed by atoms with E-state index in [1.54, 1.807) is 6.07 Å². The van der Waals surface area contributed by atoms with Crippen LogP contribution < -0.4 is 4.90 Å². The van der Waals surface area contributed by atoms with Crippen molar-refractivity contribution in [1.82, 2.24) is 0 Å². The molecule has 0 saturated heterocycles. The summed E-state index contributed by atoms with van der Waals surface area (Å²) >= 11 is 0. The van der Waals surface area contributed by atoms with Gasteiger partial charge in [-0.15, -0.1) is 0 Å². The van der Waals surface area contributed by atoms with Crippen molar-refractivity contribution in [2.24, 2.45) is 0 Å². The number of hydrogen-bond donors (Lipinski definition) is 0. The summed E-state index contributed by atoms with van der Waals surface area (Å²) in [5.74, 6) is 0. The van der Waals surface area contributed by atoms with Gasteiger partial charge in [0.2, 0.25) is 0 Å². The first-order valence-electron chi connectivity index (χ1n) is 6.78. The average molecular weight is 362 g/mol. The van der Waals surface area contributed by atoms with Crippen LogP contribution in [0, 0.1) is 31.6 Å². The van der Waals surface area contributed by atoms with Crippen molar-refractivity contribution < 1.29 is 27.8 Å². The Morgan fingerprint density at radius 2 is 1.72 bits per heavy atom.